The minimum atomic E-state index is 0.279. The zero-order valence-corrected chi connectivity index (χ0v) is 9.63. The second kappa shape index (κ2) is 6.41. The van der Waals surface area contributed by atoms with Crippen LogP contribution in [0.25, 0.3) is 0 Å². The van der Waals surface area contributed by atoms with Crippen LogP contribution in [0.15, 0.2) is 0 Å². The van der Waals surface area contributed by atoms with Gasteiger partial charge in [-0.05, 0) is 31.2 Å². The van der Waals surface area contributed by atoms with Crippen LogP contribution in [-0.2, 0) is 0 Å². The SMILES string of the molecule is CCC(C)C(CO)NCC1CCCC1. The second-order valence-electron chi connectivity index (χ2n) is 4.73. The van der Waals surface area contributed by atoms with Crippen LogP contribution in [0.2, 0.25) is 0 Å². The van der Waals surface area contributed by atoms with Crippen LogP contribution in [0.4, 0.5) is 0 Å². The number of aliphatic hydroxyl groups excluding tert-OH is 1. The lowest BCUT2D eigenvalue weighted by Crippen LogP contribution is -2.40. The highest BCUT2D eigenvalue weighted by atomic mass is 16.3. The van der Waals surface area contributed by atoms with E-state index in [0.717, 1.165) is 18.9 Å². The van der Waals surface area contributed by atoms with Crippen molar-refractivity contribution in [3.05, 3.63) is 0 Å². The Hall–Kier alpha value is -0.0800. The van der Waals surface area contributed by atoms with E-state index >= 15 is 0 Å². The molecule has 1 fully saturated rings. The normalized spacial score (nSPS) is 22.5. The quantitative estimate of drug-likeness (QED) is 0.687. The molecular formula is C12H25NO. The summed E-state index contributed by atoms with van der Waals surface area (Å²) in [5, 5.41) is 12.8. The molecule has 14 heavy (non-hydrogen) atoms. The van der Waals surface area contributed by atoms with Crippen molar-refractivity contribution in [2.24, 2.45) is 11.8 Å². The number of rotatable bonds is 6. The van der Waals surface area contributed by atoms with Crippen LogP contribution in [0.5, 0.6) is 0 Å². The fraction of sp³-hybridized carbons (Fsp3) is 1.00. The Morgan fingerprint density at radius 1 is 1.36 bits per heavy atom. The first-order valence-electron chi connectivity index (χ1n) is 6.12. The average Bonchev–Trinajstić information content (AvgIpc) is 2.71. The van der Waals surface area contributed by atoms with Crippen molar-refractivity contribution in [1.82, 2.24) is 5.32 Å². The summed E-state index contributed by atoms with van der Waals surface area (Å²) < 4.78 is 0. The Labute approximate surface area is 88.1 Å². The summed E-state index contributed by atoms with van der Waals surface area (Å²) >= 11 is 0. The third-order valence-corrected chi connectivity index (χ3v) is 3.67. The van der Waals surface area contributed by atoms with Gasteiger partial charge in [-0.15, -0.1) is 0 Å². The van der Waals surface area contributed by atoms with Crippen LogP contribution < -0.4 is 5.32 Å². The van der Waals surface area contributed by atoms with E-state index in [0.29, 0.717) is 12.0 Å². The van der Waals surface area contributed by atoms with Gasteiger partial charge in [-0.1, -0.05) is 33.1 Å². The Morgan fingerprint density at radius 2 is 2.00 bits per heavy atom. The molecule has 0 aromatic rings. The van der Waals surface area contributed by atoms with Crippen LogP contribution in [0.3, 0.4) is 0 Å². The van der Waals surface area contributed by atoms with Gasteiger partial charge in [0.25, 0.3) is 0 Å². The van der Waals surface area contributed by atoms with Gasteiger partial charge in [-0.2, -0.15) is 0 Å². The van der Waals surface area contributed by atoms with Crippen LogP contribution >= 0.6 is 0 Å². The van der Waals surface area contributed by atoms with Gasteiger partial charge < -0.3 is 10.4 Å². The molecule has 1 saturated carbocycles. The van der Waals surface area contributed by atoms with Gasteiger partial charge >= 0.3 is 0 Å². The molecule has 2 nitrogen and oxygen atoms in total. The van der Waals surface area contributed by atoms with E-state index in [9.17, 15) is 5.11 Å². The summed E-state index contributed by atoms with van der Waals surface area (Å²) in [5.74, 6) is 1.45. The lowest BCUT2D eigenvalue weighted by atomic mass is 9.99. The summed E-state index contributed by atoms with van der Waals surface area (Å²) in [6, 6.07) is 0.306. The topological polar surface area (TPSA) is 32.3 Å². The molecule has 0 spiro atoms. The smallest absolute Gasteiger partial charge is 0.0587 e. The Kier molecular flexibility index (Phi) is 5.49. The zero-order chi connectivity index (χ0) is 10.4. The van der Waals surface area contributed by atoms with E-state index in [1.54, 1.807) is 0 Å². The molecule has 1 aliphatic carbocycles. The predicted molar refractivity (Wildman–Crippen MR) is 60.3 cm³/mol. The Bertz CT molecular complexity index is 143. The molecule has 0 saturated heterocycles. The summed E-state index contributed by atoms with van der Waals surface area (Å²) in [6.07, 6.45) is 6.71. The van der Waals surface area contributed by atoms with Gasteiger partial charge in [0.05, 0.1) is 6.61 Å². The summed E-state index contributed by atoms with van der Waals surface area (Å²) in [4.78, 5) is 0. The second-order valence-corrected chi connectivity index (χ2v) is 4.73. The molecule has 2 atom stereocenters. The fourth-order valence-corrected chi connectivity index (χ4v) is 2.26. The molecule has 0 radical (unpaired) electrons. The molecular weight excluding hydrogens is 174 g/mol. The molecule has 1 aliphatic rings. The average molecular weight is 199 g/mol. The maximum Gasteiger partial charge on any atom is 0.0587 e. The van der Waals surface area contributed by atoms with Crippen molar-refractivity contribution in [3.63, 3.8) is 0 Å². The van der Waals surface area contributed by atoms with Gasteiger partial charge in [0, 0.05) is 6.04 Å². The molecule has 0 aromatic carbocycles. The molecule has 0 aromatic heterocycles. The zero-order valence-electron chi connectivity index (χ0n) is 9.63. The highest BCUT2D eigenvalue weighted by Gasteiger charge is 2.18. The molecule has 0 bridgehead atoms. The van der Waals surface area contributed by atoms with Crippen molar-refractivity contribution in [3.8, 4) is 0 Å². The van der Waals surface area contributed by atoms with Crippen LogP contribution in [0.1, 0.15) is 46.0 Å². The number of hydrogen-bond donors (Lipinski definition) is 2. The number of aliphatic hydroxyl groups is 1. The van der Waals surface area contributed by atoms with Crippen molar-refractivity contribution >= 4 is 0 Å². The van der Waals surface area contributed by atoms with Gasteiger partial charge in [0.1, 0.15) is 0 Å². The maximum absolute atomic E-state index is 9.24. The highest BCUT2D eigenvalue weighted by molar-refractivity contribution is 4.76. The van der Waals surface area contributed by atoms with E-state index in [-0.39, 0.29) is 6.61 Å². The first-order valence-corrected chi connectivity index (χ1v) is 6.12. The highest BCUT2D eigenvalue weighted by Crippen LogP contribution is 2.24. The summed E-state index contributed by atoms with van der Waals surface area (Å²) in [5.41, 5.74) is 0. The Balaban J connectivity index is 2.19. The van der Waals surface area contributed by atoms with Crippen molar-refractivity contribution in [1.29, 1.82) is 0 Å². The molecule has 0 heterocycles. The van der Waals surface area contributed by atoms with Gasteiger partial charge in [0.2, 0.25) is 0 Å². The van der Waals surface area contributed by atoms with E-state index in [4.69, 9.17) is 0 Å². The van der Waals surface area contributed by atoms with E-state index in [1.807, 2.05) is 0 Å². The molecule has 2 N–H and O–H groups in total. The Morgan fingerprint density at radius 3 is 2.50 bits per heavy atom. The molecule has 2 heteroatoms. The summed E-state index contributed by atoms with van der Waals surface area (Å²) in [7, 11) is 0. The van der Waals surface area contributed by atoms with E-state index < -0.39 is 0 Å². The largest absolute Gasteiger partial charge is 0.395 e. The predicted octanol–water partition coefficient (Wildman–Crippen LogP) is 2.17. The lowest BCUT2D eigenvalue weighted by molar-refractivity contribution is 0.197. The third kappa shape index (κ3) is 3.58. The van der Waals surface area contributed by atoms with Gasteiger partial charge in [-0.3, -0.25) is 0 Å². The third-order valence-electron chi connectivity index (χ3n) is 3.67. The first kappa shape index (κ1) is 12.0. The van der Waals surface area contributed by atoms with Crippen molar-refractivity contribution < 1.29 is 5.11 Å². The number of nitrogens with one attached hydrogen (secondary N) is 1. The maximum atomic E-state index is 9.24. The van der Waals surface area contributed by atoms with Crippen LogP contribution in [0, 0.1) is 11.8 Å². The lowest BCUT2D eigenvalue weighted by Gasteiger charge is -2.23. The van der Waals surface area contributed by atoms with Crippen LogP contribution in [-0.4, -0.2) is 24.3 Å². The van der Waals surface area contributed by atoms with E-state index in [2.05, 4.69) is 19.2 Å². The monoisotopic (exact) mass is 199 g/mol. The van der Waals surface area contributed by atoms with Gasteiger partial charge in [0.15, 0.2) is 0 Å². The standard InChI is InChI=1S/C12H25NO/c1-3-10(2)12(9-14)13-8-11-6-4-5-7-11/h10-14H,3-9H2,1-2H3. The molecule has 0 aliphatic heterocycles. The van der Waals surface area contributed by atoms with Crippen molar-refractivity contribution in [2.45, 2.75) is 52.0 Å². The molecule has 2 unspecified atom stereocenters. The van der Waals surface area contributed by atoms with Crippen molar-refractivity contribution in [2.75, 3.05) is 13.2 Å². The molecule has 1 rings (SSSR count). The first-order chi connectivity index (χ1) is 6.77. The summed E-state index contributed by atoms with van der Waals surface area (Å²) in [6.45, 7) is 5.78. The minimum absolute atomic E-state index is 0.279. The fourth-order valence-electron chi connectivity index (χ4n) is 2.26. The van der Waals surface area contributed by atoms with Gasteiger partial charge in [-0.25, -0.2) is 0 Å². The molecule has 0 amide bonds. The molecule has 84 valence electrons. The number of hydrogen-bond acceptors (Lipinski definition) is 2. The van der Waals surface area contributed by atoms with E-state index in [1.165, 1.54) is 25.7 Å². The minimum Gasteiger partial charge on any atom is -0.395 e.